The number of carbonyl (C=O) groups is 2. The first-order valence-electron chi connectivity index (χ1n) is 8.81. The summed E-state index contributed by atoms with van der Waals surface area (Å²) < 4.78 is 0. The molecule has 3 rings (SSSR count). The van der Waals surface area contributed by atoms with Gasteiger partial charge in [-0.05, 0) is 36.8 Å². The topological polar surface area (TPSA) is 69.6 Å². The molecule has 2 N–H and O–H groups in total. The lowest BCUT2D eigenvalue weighted by Gasteiger charge is -2.21. The van der Waals surface area contributed by atoms with Gasteiger partial charge in [-0.1, -0.05) is 53.5 Å². The molecule has 3 aromatic rings. The zero-order valence-electron chi connectivity index (χ0n) is 15.5. The van der Waals surface area contributed by atoms with Crippen LogP contribution >= 0.6 is 34.5 Å². The number of carboxylic acid groups (broad SMARTS) is 1. The van der Waals surface area contributed by atoms with Crippen molar-refractivity contribution in [3.8, 4) is 10.4 Å². The van der Waals surface area contributed by atoms with Gasteiger partial charge in [0.2, 0.25) is 0 Å². The summed E-state index contributed by atoms with van der Waals surface area (Å²) in [5.41, 5.74) is 1.83. The molecule has 0 aliphatic rings. The van der Waals surface area contributed by atoms with Crippen molar-refractivity contribution in [1.82, 2.24) is 4.90 Å². The second-order valence-electron chi connectivity index (χ2n) is 6.21. The van der Waals surface area contributed by atoms with Crippen LogP contribution in [0.4, 0.5) is 10.5 Å². The molecule has 0 radical (unpaired) electrons. The quantitative estimate of drug-likeness (QED) is 0.453. The van der Waals surface area contributed by atoms with E-state index in [1.807, 2.05) is 37.3 Å². The van der Waals surface area contributed by atoms with Gasteiger partial charge in [0.05, 0.1) is 5.69 Å². The fourth-order valence-corrected chi connectivity index (χ4v) is 4.22. The molecule has 0 unspecified atom stereocenters. The van der Waals surface area contributed by atoms with Crippen LogP contribution in [0.15, 0.2) is 54.6 Å². The molecule has 2 amide bonds. The summed E-state index contributed by atoms with van der Waals surface area (Å²) in [6, 6.07) is 15.8. The summed E-state index contributed by atoms with van der Waals surface area (Å²) in [5, 5.41) is 13.2. The Morgan fingerprint density at radius 3 is 2.48 bits per heavy atom. The highest BCUT2D eigenvalue weighted by Crippen LogP contribution is 2.39. The zero-order chi connectivity index (χ0) is 21.0. The highest BCUT2D eigenvalue weighted by Gasteiger charge is 2.21. The van der Waals surface area contributed by atoms with E-state index in [0.29, 0.717) is 33.6 Å². The number of benzene rings is 2. The van der Waals surface area contributed by atoms with Crippen LogP contribution in [0, 0.1) is 0 Å². The number of amides is 2. The van der Waals surface area contributed by atoms with E-state index in [1.165, 1.54) is 0 Å². The minimum atomic E-state index is -1.12. The van der Waals surface area contributed by atoms with E-state index < -0.39 is 5.97 Å². The van der Waals surface area contributed by atoms with Crippen LogP contribution in [0.5, 0.6) is 0 Å². The molecule has 0 bridgehead atoms. The van der Waals surface area contributed by atoms with Gasteiger partial charge in [0, 0.05) is 33.6 Å². The number of thiophene rings is 1. The number of nitrogens with one attached hydrogen (secondary N) is 1. The molecule has 8 heteroatoms. The molecular formula is C21H18Cl2N2O3S. The Labute approximate surface area is 182 Å². The molecule has 0 fully saturated rings. The molecule has 29 heavy (non-hydrogen) atoms. The molecule has 1 heterocycles. The van der Waals surface area contributed by atoms with E-state index in [2.05, 4.69) is 5.32 Å². The lowest BCUT2D eigenvalue weighted by atomic mass is 10.2. The SMILES string of the molecule is CCN(Cc1ccccc1)C(=O)Nc1cc(-c2cc(Cl)ccc2Cl)sc1C(=O)O. The standard InChI is InChI=1S/C21H18Cl2N2O3S/c1-2-25(12-13-6-4-3-5-7-13)21(28)24-17-11-18(29-19(17)20(26)27)15-10-14(22)8-9-16(15)23/h3-11H,2,12H2,1H3,(H,24,28)(H,26,27). The van der Waals surface area contributed by atoms with Crippen molar-refractivity contribution in [3.05, 3.63) is 75.1 Å². The lowest BCUT2D eigenvalue weighted by Crippen LogP contribution is -2.34. The van der Waals surface area contributed by atoms with Crippen LogP contribution < -0.4 is 5.32 Å². The van der Waals surface area contributed by atoms with Crippen LogP contribution in [-0.4, -0.2) is 28.6 Å². The van der Waals surface area contributed by atoms with Crippen molar-refractivity contribution in [2.24, 2.45) is 0 Å². The van der Waals surface area contributed by atoms with Crippen LogP contribution in [0.1, 0.15) is 22.2 Å². The molecule has 5 nitrogen and oxygen atoms in total. The molecule has 0 spiro atoms. The number of aromatic carboxylic acids is 1. The second kappa shape index (κ2) is 9.31. The van der Waals surface area contributed by atoms with Gasteiger partial charge in [0.15, 0.2) is 0 Å². The Kier molecular flexibility index (Phi) is 6.79. The predicted octanol–water partition coefficient (Wildman–Crippen LogP) is 6.47. The number of halogens is 2. The number of rotatable bonds is 6. The molecule has 150 valence electrons. The third kappa shape index (κ3) is 5.09. The number of carbonyl (C=O) groups excluding carboxylic acids is 1. The number of nitrogens with zero attached hydrogens (tertiary/aromatic N) is 1. The molecule has 0 saturated carbocycles. The number of anilines is 1. The highest BCUT2D eigenvalue weighted by molar-refractivity contribution is 7.18. The van der Waals surface area contributed by atoms with Crippen LogP contribution in [0.3, 0.4) is 0 Å². The van der Waals surface area contributed by atoms with Gasteiger partial charge in [0.1, 0.15) is 4.88 Å². The third-order valence-electron chi connectivity index (χ3n) is 4.25. The van der Waals surface area contributed by atoms with Crippen LogP contribution in [-0.2, 0) is 6.54 Å². The van der Waals surface area contributed by atoms with Crippen molar-refractivity contribution in [2.75, 3.05) is 11.9 Å². The number of carboxylic acids is 1. The second-order valence-corrected chi connectivity index (χ2v) is 8.11. The van der Waals surface area contributed by atoms with Gasteiger partial charge in [0.25, 0.3) is 0 Å². The number of hydrogen-bond donors (Lipinski definition) is 2. The normalized spacial score (nSPS) is 10.6. The summed E-state index contributed by atoms with van der Waals surface area (Å²) in [7, 11) is 0. The Hall–Kier alpha value is -2.54. The average Bonchev–Trinajstić information content (AvgIpc) is 3.12. The fraction of sp³-hybridized carbons (Fsp3) is 0.143. The fourth-order valence-electron chi connectivity index (χ4n) is 2.79. The van der Waals surface area contributed by atoms with Crippen LogP contribution in [0.25, 0.3) is 10.4 Å². The minimum Gasteiger partial charge on any atom is -0.477 e. The molecule has 0 aliphatic heterocycles. The summed E-state index contributed by atoms with van der Waals surface area (Å²) in [6.07, 6.45) is 0. The maximum atomic E-state index is 12.8. The first-order chi connectivity index (χ1) is 13.9. The first kappa shape index (κ1) is 21.2. The van der Waals surface area contributed by atoms with Crippen molar-refractivity contribution < 1.29 is 14.7 Å². The van der Waals surface area contributed by atoms with E-state index in [4.69, 9.17) is 23.2 Å². The number of urea groups is 1. The van der Waals surface area contributed by atoms with Gasteiger partial charge in [-0.2, -0.15) is 0 Å². The number of hydrogen-bond acceptors (Lipinski definition) is 3. The average molecular weight is 449 g/mol. The van der Waals surface area contributed by atoms with Gasteiger partial charge < -0.3 is 15.3 Å². The van der Waals surface area contributed by atoms with Crippen molar-refractivity contribution in [2.45, 2.75) is 13.5 Å². The Balaban J connectivity index is 1.87. The summed E-state index contributed by atoms with van der Waals surface area (Å²) in [6.45, 7) is 2.76. The monoisotopic (exact) mass is 448 g/mol. The molecular weight excluding hydrogens is 431 g/mol. The molecule has 2 aromatic carbocycles. The Bertz CT molecular complexity index is 1040. The van der Waals surface area contributed by atoms with Crippen LogP contribution in [0.2, 0.25) is 10.0 Å². The van der Waals surface area contributed by atoms with Crippen molar-refractivity contribution >= 4 is 52.2 Å². The lowest BCUT2D eigenvalue weighted by molar-refractivity contribution is 0.0703. The van der Waals surface area contributed by atoms with Gasteiger partial charge in [-0.15, -0.1) is 11.3 Å². The van der Waals surface area contributed by atoms with E-state index >= 15 is 0 Å². The Morgan fingerprint density at radius 1 is 1.10 bits per heavy atom. The van der Waals surface area contributed by atoms with Gasteiger partial charge >= 0.3 is 12.0 Å². The first-order valence-corrected chi connectivity index (χ1v) is 10.4. The Morgan fingerprint density at radius 2 is 1.83 bits per heavy atom. The summed E-state index contributed by atoms with van der Waals surface area (Å²) >= 11 is 13.3. The van der Waals surface area contributed by atoms with E-state index in [-0.39, 0.29) is 16.6 Å². The molecule has 0 atom stereocenters. The predicted molar refractivity (Wildman–Crippen MR) is 118 cm³/mol. The zero-order valence-corrected chi connectivity index (χ0v) is 17.8. The third-order valence-corrected chi connectivity index (χ3v) is 5.97. The van der Waals surface area contributed by atoms with E-state index in [9.17, 15) is 14.7 Å². The maximum Gasteiger partial charge on any atom is 0.348 e. The molecule has 0 saturated heterocycles. The maximum absolute atomic E-state index is 12.8. The van der Waals surface area contributed by atoms with Crippen molar-refractivity contribution in [3.63, 3.8) is 0 Å². The highest BCUT2D eigenvalue weighted by atomic mass is 35.5. The van der Waals surface area contributed by atoms with E-state index in [1.54, 1.807) is 29.2 Å². The smallest absolute Gasteiger partial charge is 0.348 e. The minimum absolute atomic E-state index is 0.0279. The van der Waals surface area contributed by atoms with E-state index in [0.717, 1.165) is 16.9 Å². The molecule has 1 aromatic heterocycles. The molecule has 0 aliphatic carbocycles. The van der Waals surface area contributed by atoms with Crippen molar-refractivity contribution in [1.29, 1.82) is 0 Å². The summed E-state index contributed by atoms with van der Waals surface area (Å²) in [4.78, 5) is 26.7. The largest absolute Gasteiger partial charge is 0.477 e. The van der Waals surface area contributed by atoms with Gasteiger partial charge in [-0.25, -0.2) is 9.59 Å². The summed E-state index contributed by atoms with van der Waals surface area (Å²) in [5.74, 6) is -1.12. The van der Waals surface area contributed by atoms with Gasteiger partial charge in [-0.3, -0.25) is 0 Å².